The quantitative estimate of drug-likeness (QED) is 0.297. The summed E-state index contributed by atoms with van der Waals surface area (Å²) in [5.74, 6) is 1.70. The third kappa shape index (κ3) is 3.90. The summed E-state index contributed by atoms with van der Waals surface area (Å²) in [4.78, 5) is 4.89. The van der Waals surface area contributed by atoms with Crippen LogP contribution in [0.5, 0.6) is 11.5 Å². The van der Waals surface area contributed by atoms with Crippen molar-refractivity contribution in [2.75, 3.05) is 14.2 Å². The molecule has 0 aliphatic carbocycles. The van der Waals surface area contributed by atoms with Gasteiger partial charge < -0.3 is 9.47 Å². The molecule has 0 atom stereocenters. The van der Waals surface area contributed by atoms with Crippen molar-refractivity contribution in [3.8, 4) is 44.3 Å². The van der Waals surface area contributed by atoms with Crippen LogP contribution in [0.2, 0.25) is 0 Å². The first-order valence-corrected chi connectivity index (χ1v) is 10.8. The maximum Gasteiger partial charge on any atom is 0.124 e. The zero-order chi connectivity index (χ0) is 21.2. The number of fused-ring (bicyclic) bond motifs is 1. The lowest BCUT2D eigenvalue weighted by Crippen LogP contribution is -1.87. The number of nitrogens with zero attached hydrogens (tertiary/aromatic N) is 1. The fourth-order valence-electron chi connectivity index (χ4n) is 3.65. The molecule has 0 bridgehead atoms. The molecule has 4 aromatic carbocycles. The van der Waals surface area contributed by atoms with Crippen LogP contribution in [0.3, 0.4) is 0 Å². The van der Waals surface area contributed by atoms with Gasteiger partial charge in [0, 0.05) is 5.56 Å². The van der Waals surface area contributed by atoms with Gasteiger partial charge in [0.05, 0.1) is 24.4 Å². The van der Waals surface area contributed by atoms with Gasteiger partial charge in [0.15, 0.2) is 0 Å². The molecule has 0 aliphatic rings. The van der Waals surface area contributed by atoms with Gasteiger partial charge in [-0.25, -0.2) is 4.98 Å². The van der Waals surface area contributed by atoms with E-state index in [-0.39, 0.29) is 0 Å². The van der Waals surface area contributed by atoms with Crippen LogP contribution in [-0.4, -0.2) is 19.2 Å². The molecule has 0 radical (unpaired) electrons. The van der Waals surface area contributed by atoms with E-state index < -0.39 is 0 Å². The van der Waals surface area contributed by atoms with E-state index in [0.29, 0.717) is 0 Å². The Labute approximate surface area is 185 Å². The summed E-state index contributed by atoms with van der Waals surface area (Å²) >= 11 is 1.72. The fourth-order valence-corrected chi connectivity index (χ4v) is 4.60. The average Bonchev–Trinajstić information content (AvgIpc) is 3.28. The number of benzene rings is 4. The molecule has 0 saturated heterocycles. The maximum absolute atomic E-state index is 5.33. The summed E-state index contributed by atoms with van der Waals surface area (Å²) in [6.07, 6.45) is 0. The number of aromatic nitrogens is 1. The Morgan fingerprint density at radius 2 is 1.10 bits per heavy atom. The van der Waals surface area contributed by atoms with Gasteiger partial charge in [0.25, 0.3) is 0 Å². The van der Waals surface area contributed by atoms with E-state index in [9.17, 15) is 0 Å². The van der Waals surface area contributed by atoms with Crippen molar-refractivity contribution in [2.24, 2.45) is 0 Å². The van der Waals surface area contributed by atoms with Gasteiger partial charge in [0.2, 0.25) is 0 Å². The standard InChI is InChI=1S/C27H21NO2S/c1-29-23-11-7-18(8-12-23)20-15-21(19-9-13-24(30-2)14-10-19)17-22(16-20)27-28-25-5-3-4-6-26(25)31-27/h3-17H,1-2H3. The van der Waals surface area contributed by atoms with E-state index in [1.54, 1.807) is 25.6 Å². The fraction of sp³-hybridized carbons (Fsp3) is 0.0741. The van der Waals surface area contributed by atoms with Gasteiger partial charge in [-0.3, -0.25) is 0 Å². The van der Waals surface area contributed by atoms with Crippen molar-refractivity contribution >= 4 is 21.6 Å². The predicted molar refractivity (Wildman–Crippen MR) is 129 cm³/mol. The Kier molecular flexibility index (Phi) is 5.14. The van der Waals surface area contributed by atoms with Gasteiger partial charge in [-0.2, -0.15) is 0 Å². The van der Waals surface area contributed by atoms with Crippen LogP contribution < -0.4 is 9.47 Å². The summed E-state index contributed by atoms with van der Waals surface area (Å²) in [6, 6.07) is 31.3. The molecule has 0 saturated carbocycles. The Bertz CT molecular complexity index is 1240. The molecule has 0 fully saturated rings. The second kappa shape index (κ2) is 8.25. The van der Waals surface area contributed by atoms with E-state index in [4.69, 9.17) is 14.5 Å². The van der Waals surface area contributed by atoms with Crippen LogP contribution in [0.1, 0.15) is 0 Å². The lowest BCUT2D eigenvalue weighted by atomic mass is 9.96. The molecule has 0 unspecified atom stereocenters. The summed E-state index contributed by atoms with van der Waals surface area (Å²) in [7, 11) is 3.37. The molecule has 5 rings (SSSR count). The minimum atomic E-state index is 0.849. The minimum absolute atomic E-state index is 0.849. The molecule has 0 aliphatic heterocycles. The number of ether oxygens (including phenoxy) is 2. The molecule has 0 amide bonds. The second-order valence-corrected chi connectivity index (χ2v) is 8.27. The van der Waals surface area contributed by atoms with Crippen LogP contribution in [0, 0.1) is 0 Å². The van der Waals surface area contributed by atoms with E-state index in [1.165, 1.54) is 4.70 Å². The van der Waals surface area contributed by atoms with Crippen LogP contribution in [0.15, 0.2) is 91.0 Å². The lowest BCUT2D eigenvalue weighted by Gasteiger charge is -2.11. The third-order valence-corrected chi connectivity index (χ3v) is 6.41. The Hall–Kier alpha value is -3.63. The number of thiazole rings is 1. The molecular formula is C27H21NO2S. The van der Waals surface area contributed by atoms with Crippen LogP contribution in [0.4, 0.5) is 0 Å². The zero-order valence-corrected chi connectivity index (χ0v) is 18.1. The largest absolute Gasteiger partial charge is 0.497 e. The van der Waals surface area contributed by atoms with Crippen molar-refractivity contribution in [3.05, 3.63) is 91.0 Å². The molecule has 0 N–H and O–H groups in total. The predicted octanol–water partition coefficient (Wildman–Crippen LogP) is 7.31. The number of para-hydroxylation sites is 1. The van der Waals surface area contributed by atoms with Gasteiger partial charge in [0.1, 0.15) is 16.5 Å². The van der Waals surface area contributed by atoms with Gasteiger partial charge in [-0.1, -0.05) is 36.4 Å². The number of hydrogen-bond acceptors (Lipinski definition) is 4. The summed E-state index contributed by atoms with van der Waals surface area (Å²) in [6.45, 7) is 0. The molecule has 4 heteroatoms. The average molecular weight is 424 g/mol. The molecular weight excluding hydrogens is 402 g/mol. The summed E-state index contributed by atoms with van der Waals surface area (Å²) < 4.78 is 11.8. The van der Waals surface area contributed by atoms with E-state index in [2.05, 4.69) is 60.7 Å². The van der Waals surface area contributed by atoms with E-state index in [0.717, 1.165) is 49.8 Å². The smallest absolute Gasteiger partial charge is 0.124 e. The topological polar surface area (TPSA) is 31.4 Å². The molecule has 1 heterocycles. The van der Waals surface area contributed by atoms with Crippen molar-refractivity contribution in [1.29, 1.82) is 0 Å². The van der Waals surface area contributed by atoms with Gasteiger partial charge in [-0.15, -0.1) is 11.3 Å². The van der Waals surface area contributed by atoms with Crippen molar-refractivity contribution in [1.82, 2.24) is 4.98 Å². The maximum atomic E-state index is 5.33. The molecule has 0 spiro atoms. The first-order chi connectivity index (χ1) is 15.2. The van der Waals surface area contributed by atoms with Crippen molar-refractivity contribution in [3.63, 3.8) is 0 Å². The first-order valence-electron chi connectivity index (χ1n) is 10.0. The number of hydrogen-bond donors (Lipinski definition) is 0. The van der Waals surface area contributed by atoms with Crippen LogP contribution in [-0.2, 0) is 0 Å². The molecule has 152 valence electrons. The molecule has 31 heavy (non-hydrogen) atoms. The van der Waals surface area contributed by atoms with E-state index >= 15 is 0 Å². The second-order valence-electron chi connectivity index (χ2n) is 7.24. The third-order valence-electron chi connectivity index (χ3n) is 5.32. The molecule has 1 aromatic heterocycles. The highest BCUT2D eigenvalue weighted by Crippen LogP contribution is 2.36. The zero-order valence-electron chi connectivity index (χ0n) is 17.3. The molecule has 5 aromatic rings. The van der Waals surface area contributed by atoms with E-state index in [1.807, 2.05) is 30.3 Å². The SMILES string of the molecule is COc1ccc(-c2cc(-c3ccc(OC)cc3)cc(-c3nc4ccccc4s3)c2)cc1. The van der Waals surface area contributed by atoms with Crippen LogP contribution in [0.25, 0.3) is 43.0 Å². The lowest BCUT2D eigenvalue weighted by molar-refractivity contribution is 0.415. The van der Waals surface area contributed by atoms with Crippen LogP contribution >= 0.6 is 11.3 Å². The summed E-state index contributed by atoms with van der Waals surface area (Å²) in [5.41, 5.74) is 6.70. The number of methoxy groups -OCH3 is 2. The Balaban J connectivity index is 1.66. The Morgan fingerprint density at radius 1 is 0.581 bits per heavy atom. The van der Waals surface area contributed by atoms with Gasteiger partial charge in [-0.05, 0) is 76.9 Å². The highest BCUT2D eigenvalue weighted by Gasteiger charge is 2.11. The number of rotatable bonds is 5. The van der Waals surface area contributed by atoms with Crippen molar-refractivity contribution in [2.45, 2.75) is 0 Å². The highest BCUT2D eigenvalue weighted by atomic mass is 32.1. The first kappa shape index (κ1) is 19.3. The minimum Gasteiger partial charge on any atom is -0.497 e. The van der Waals surface area contributed by atoms with Crippen molar-refractivity contribution < 1.29 is 9.47 Å². The monoisotopic (exact) mass is 423 g/mol. The normalized spacial score (nSPS) is 10.9. The highest BCUT2D eigenvalue weighted by molar-refractivity contribution is 7.21. The Morgan fingerprint density at radius 3 is 1.61 bits per heavy atom. The van der Waals surface area contributed by atoms with Gasteiger partial charge >= 0.3 is 0 Å². The summed E-state index contributed by atoms with van der Waals surface area (Å²) in [5, 5.41) is 1.02. The molecule has 3 nitrogen and oxygen atoms in total.